The molecule has 0 spiro atoms. The Hall–Kier alpha value is -4.60. The summed E-state index contributed by atoms with van der Waals surface area (Å²) in [6, 6.07) is 13.5. The molecule has 37 heavy (non-hydrogen) atoms. The molecule has 2 aromatic carbocycles. The predicted octanol–water partition coefficient (Wildman–Crippen LogP) is 3.38. The first-order chi connectivity index (χ1) is 17.8. The molecule has 6 aromatic rings. The van der Waals surface area contributed by atoms with Gasteiger partial charge in [0.05, 0.1) is 16.4 Å². The average molecular weight is 496 g/mol. The van der Waals surface area contributed by atoms with Crippen LogP contribution in [0, 0.1) is 20.8 Å². The molecule has 0 atom stereocenters. The van der Waals surface area contributed by atoms with Gasteiger partial charge < -0.3 is 4.74 Å². The summed E-state index contributed by atoms with van der Waals surface area (Å²) in [4.78, 5) is 30.3. The average Bonchev–Trinajstić information content (AvgIpc) is 3.48. The van der Waals surface area contributed by atoms with Gasteiger partial charge in [0.2, 0.25) is 5.78 Å². The number of hydrogen-bond acceptors (Lipinski definition) is 7. The largest absolute Gasteiger partial charge is 0.457 e. The Balaban J connectivity index is 1.23. The molecule has 0 aliphatic heterocycles. The van der Waals surface area contributed by atoms with Crippen LogP contribution in [0.5, 0.6) is 0 Å². The summed E-state index contributed by atoms with van der Waals surface area (Å²) in [5, 5.41) is 14.6. The molecule has 0 aliphatic carbocycles. The Kier molecular flexibility index (Phi) is 5.25. The molecule has 0 saturated heterocycles. The van der Waals surface area contributed by atoms with Gasteiger partial charge in [-0.25, -0.2) is 9.50 Å². The maximum Gasteiger partial charge on any atom is 0.306 e. The van der Waals surface area contributed by atoms with E-state index in [1.807, 2.05) is 67.8 Å². The summed E-state index contributed by atoms with van der Waals surface area (Å²) < 4.78 is 10.6. The Morgan fingerprint density at radius 2 is 1.84 bits per heavy atom. The van der Waals surface area contributed by atoms with Gasteiger partial charge in [0, 0.05) is 30.2 Å². The monoisotopic (exact) mass is 495 g/mol. The fourth-order valence-electron chi connectivity index (χ4n) is 4.93. The highest BCUT2D eigenvalue weighted by molar-refractivity contribution is 5.92. The van der Waals surface area contributed by atoms with Crippen LogP contribution >= 0.6 is 0 Å². The maximum atomic E-state index is 12.8. The molecule has 6 rings (SSSR count). The Bertz CT molecular complexity index is 1930. The van der Waals surface area contributed by atoms with E-state index in [0.29, 0.717) is 28.9 Å². The Labute approximate surface area is 211 Å². The molecule has 0 N–H and O–H groups in total. The van der Waals surface area contributed by atoms with E-state index >= 15 is 0 Å². The molecule has 0 amide bonds. The lowest BCUT2D eigenvalue weighted by Gasteiger charge is -2.11. The van der Waals surface area contributed by atoms with Crippen LogP contribution in [-0.2, 0) is 29.6 Å². The van der Waals surface area contributed by atoms with Crippen LogP contribution in [0.4, 0.5) is 0 Å². The minimum absolute atomic E-state index is 0.0546. The van der Waals surface area contributed by atoms with Gasteiger partial charge in [0.15, 0.2) is 18.1 Å². The molecule has 4 aromatic heterocycles. The molecule has 0 bridgehead atoms. The van der Waals surface area contributed by atoms with Crippen molar-refractivity contribution in [3.05, 3.63) is 81.2 Å². The summed E-state index contributed by atoms with van der Waals surface area (Å²) in [5.41, 5.74) is 6.00. The smallest absolute Gasteiger partial charge is 0.306 e. The number of ether oxygens (including phenoxy) is 1. The molecule has 0 saturated carbocycles. The van der Waals surface area contributed by atoms with E-state index in [4.69, 9.17) is 9.72 Å². The Morgan fingerprint density at radius 3 is 2.68 bits per heavy atom. The van der Waals surface area contributed by atoms with Gasteiger partial charge in [-0.05, 0) is 57.0 Å². The van der Waals surface area contributed by atoms with Crippen molar-refractivity contribution in [1.82, 2.24) is 33.8 Å². The van der Waals surface area contributed by atoms with Gasteiger partial charge in [0.25, 0.3) is 5.56 Å². The zero-order valence-electron chi connectivity index (χ0n) is 21.0. The number of carbonyl (C=O) groups excluding carboxylic acids is 1. The summed E-state index contributed by atoms with van der Waals surface area (Å²) in [6.45, 7) is 5.83. The van der Waals surface area contributed by atoms with E-state index in [-0.39, 0.29) is 24.6 Å². The number of aryl methyl sites for hydroxylation is 4. The third-order valence-corrected chi connectivity index (χ3v) is 6.90. The molecule has 186 valence electrons. The zero-order chi connectivity index (χ0) is 25.8. The first kappa shape index (κ1) is 22.8. The molecule has 4 heterocycles. The van der Waals surface area contributed by atoms with E-state index in [9.17, 15) is 9.59 Å². The molecule has 10 nitrogen and oxygen atoms in total. The van der Waals surface area contributed by atoms with Crippen LogP contribution in [0.15, 0.2) is 47.3 Å². The molecule has 10 heteroatoms. The van der Waals surface area contributed by atoms with E-state index in [1.54, 1.807) is 11.4 Å². The van der Waals surface area contributed by atoms with Crippen molar-refractivity contribution in [3.63, 3.8) is 0 Å². The number of nitrogens with zero attached hydrogens (tertiary/aromatic N) is 7. The van der Waals surface area contributed by atoms with Crippen molar-refractivity contribution in [3.8, 4) is 0 Å². The lowest BCUT2D eigenvalue weighted by Crippen LogP contribution is -2.20. The van der Waals surface area contributed by atoms with E-state index in [0.717, 1.165) is 39.1 Å². The van der Waals surface area contributed by atoms with Crippen molar-refractivity contribution >= 4 is 39.2 Å². The number of esters is 1. The number of rotatable bonds is 5. The first-order valence-electron chi connectivity index (χ1n) is 12.1. The second kappa shape index (κ2) is 8.51. The quantitative estimate of drug-likeness (QED) is 0.337. The van der Waals surface area contributed by atoms with Crippen molar-refractivity contribution in [1.29, 1.82) is 0 Å². The second-order valence-electron chi connectivity index (χ2n) is 9.31. The van der Waals surface area contributed by atoms with Crippen LogP contribution in [0.3, 0.4) is 0 Å². The van der Waals surface area contributed by atoms with Gasteiger partial charge in [-0.3, -0.25) is 18.6 Å². The molecular weight excluding hydrogens is 470 g/mol. The van der Waals surface area contributed by atoms with Gasteiger partial charge in [-0.15, -0.1) is 10.2 Å². The lowest BCUT2D eigenvalue weighted by molar-refractivity contribution is -0.145. The number of benzene rings is 2. The van der Waals surface area contributed by atoms with Crippen LogP contribution in [0.2, 0.25) is 0 Å². The normalized spacial score (nSPS) is 11.8. The van der Waals surface area contributed by atoms with Crippen molar-refractivity contribution in [2.45, 2.75) is 40.2 Å². The third kappa shape index (κ3) is 3.64. The van der Waals surface area contributed by atoms with Gasteiger partial charge >= 0.3 is 5.97 Å². The number of aromatic nitrogens is 7. The number of carbonyl (C=O) groups is 1. The van der Waals surface area contributed by atoms with Crippen LogP contribution < -0.4 is 5.56 Å². The molecule has 0 fully saturated rings. The standard InChI is InChI=1S/C27H25N7O3/c1-15-9-11-22-20(13-15)26(36)32(4)27-30-29-23(33(22)27)14-37-24(35)12-10-18-16(2)28-25-19-7-5-6-8-21(19)31-34(25)17(18)3/h5-9,11,13H,10,12,14H2,1-4H3. The van der Waals surface area contributed by atoms with Crippen LogP contribution in [-0.4, -0.2) is 39.7 Å². The minimum atomic E-state index is -0.355. The van der Waals surface area contributed by atoms with Gasteiger partial charge in [-0.2, -0.15) is 5.10 Å². The predicted molar refractivity (Wildman–Crippen MR) is 139 cm³/mol. The lowest BCUT2D eigenvalue weighted by atomic mass is 10.1. The maximum absolute atomic E-state index is 12.8. The van der Waals surface area contributed by atoms with Crippen LogP contribution in [0.25, 0.3) is 33.2 Å². The summed E-state index contributed by atoms with van der Waals surface area (Å²) in [5.74, 6) is 0.488. The van der Waals surface area contributed by atoms with E-state index < -0.39 is 0 Å². The highest BCUT2D eigenvalue weighted by atomic mass is 16.5. The molecule has 0 aliphatic rings. The minimum Gasteiger partial charge on any atom is -0.457 e. The fourth-order valence-corrected chi connectivity index (χ4v) is 4.93. The van der Waals surface area contributed by atoms with Crippen molar-refractivity contribution in [2.24, 2.45) is 7.05 Å². The van der Waals surface area contributed by atoms with Crippen molar-refractivity contribution in [2.75, 3.05) is 0 Å². The topological polar surface area (TPSA) is 109 Å². The van der Waals surface area contributed by atoms with Gasteiger partial charge in [0.1, 0.15) is 0 Å². The SMILES string of the molecule is Cc1ccc2c(c1)c(=O)n(C)c1nnc(COC(=O)CCc3c(C)nc4c5ccccc5nn4c3C)n21. The zero-order valence-corrected chi connectivity index (χ0v) is 21.0. The Morgan fingerprint density at radius 1 is 1.03 bits per heavy atom. The number of hydrogen-bond donors (Lipinski definition) is 0. The molecule has 0 radical (unpaired) electrons. The van der Waals surface area contributed by atoms with E-state index in [1.165, 1.54) is 4.57 Å². The van der Waals surface area contributed by atoms with Gasteiger partial charge in [-0.1, -0.05) is 23.8 Å². The summed E-state index contributed by atoms with van der Waals surface area (Å²) >= 11 is 0. The number of fused-ring (bicyclic) bond motifs is 6. The van der Waals surface area contributed by atoms with Crippen LogP contribution in [0.1, 0.15) is 34.8 Å². The second-order valence-corrected chi connectivity index (χ2v) is 9.31. The van der Waals surface area contributed by atoms with Crippen molar-refractivity contribution < 1.29 is 9.53 Å². The molecular formula is C27H25N7O3. The highest BCUT2D eigenvalue weighted by Crippen LogP contribution is 2.23. The fraction of sp³-hybridized carbons (Fsp3) is 0.259. The molecule has 0 unspecified atom stereocenters. The third-order valence-electron chi connectivity index (χ3n) is 6.90. The van der Waals surface area contributed by atoms with E-state index in [2.05, 4.69) is 15.3 Å². The summed E-state index contributed by atoms with van der Waals surface area (Å²) in [7, 11) is 1.65. The first-order valence-corrected chi connectivity index (χ1v) is 12.1. The highest BCUT2D eigenvalue weighted by Gasteiger charge is 2.18. The summed E-state index contributed by atoms with van der Waals surface area (Å²) in [6.07, 6.45) is 0.664.